The normalized spacial score (nSPS) is 12.4. The van der Waals surface area contributed by atoms with Crippen molar-refractivity contribution in [3.63, 3.8) is 0 Å². The summed E-state index contributed by atoms with van der Waals surface area (Å²) < 4.78 is 10.5. The maximum Gasteiger partial charge on any atom is 0.253 e. The van der Waals surface area contributed by atoms with E-state index in [1.807, 2.05) is 44.2 Å². The van der Waals surface area contributed by atoms with Gasteiger partial charge in [0.1, 0.15) is 0 Å². The Morgan fingerprint density at radius 3 is 2.60 bits per heavy atom. The molecular weight excluding hydrogens is 338 g/mol. The van der Waals surface area contributed by atoms with Gasteiger partial charge in [-0.25, -0.2) is 10.4 Å². The van der Waals surface area contributed by atoms with Crippen molar-refractivity contribution in [1.29, 1.82) is 0 Å². The molecule has 0 aliphatic heterocycles. The van der Waals surface area contributed by atoms with E-state index in [1.54, 1.807) is 26.5 Å². The smallest absolute Gasteiger partial charge is 0.253 e. The molecule has 1 atom stereocenters. The number of hydrogen-bond acceptors (Lipinski definition) is 6. The maximum atomic E-state index is 12.2. The Balaban J connectivity index is 2.01. The number of carbonyl (C=O) groups is 1. The molecule has 0 aliphatic rings. The van der Waals surface area contributed by atoms with Gasteiger partial charge in [-0.15, -0.1) is 0 Å². The number of ether oxygens (including phenoxy) is 2. The first kappa shape index (κ1) is 18.8. The fourth-order valence-electron chi connectivity index (χ4n) is 2.01. The Bertz CT molecular complexity index is 750. The van der Waals surface area contributed by atoms with Gasteiger partial charge >= 0.3 is 0 Å². The molecule has 1 N–H and O–H groups in total. The van der Waals surface area contributed by atoms with Gasteiger partial charge in [-0.3, -0.25) is 4.79 Å². The van der Waals surface area contributed by atoms with Crippen LogP contribution in [0.4, 0.5) is 0 Å². The lowest BCUT2D eigenvalue weighted by Crippen LogP contribution is -2.27. The van der Waals surface area contributed by atoms with Crippen molar-refractivity contribution < 1.29 is 14.3 Å². The van der Waals surface area contributed by atoms with Crippen LogP contribution in [0, 0.1) is 0 Å². The Kier molecular flexibility index (Phi) is 6.82. The molecule has 1 unspecified atom stereocenters. The first-order chi connectivity index (χ1) is 12.0. The number of thioether (sulfide) groups is 1. The van der Waals surface area contributed by atoms with E-state index in [9.17, 15) is 4.79 Å². The Labute approximate surface area is 151 Å². The number of methoxy groups -OCH3 is 2. The van der Waals surface area contributed by atoms with Crippen LogP contribution < -0.4 is 14.9 Å². The topological polar surface area (TPSA) is 72.8 Å². The first-order valence-electron chi connectivity index (χ1n) is 7.69. The molecule has 1 aromatic carbocycles. The standard InChI is InChI=1S/C18H21N3O3S/c1-12(14-8-9-15(23-3)16(11-14)24-4)20-21-18(22)13(2)25-17-7-5-6-10-19-17/h5-11,13H,1-4H3,(H,21,22). The molecule has 0 fully saturated rings. The molecule has 0 spiro atoms. The predicted molar refractivity (Wildman–Crippen MR) is 99.5 cm³/mol. The number of amides is 1. The lowest BCUT2D eigenvalue weighted by molar-refractivity contribution is -0.120. The Hall–Kier alpha value is -2.54. The zero-order valence-corrected chi connectivity index (χ0v) is 15.5. The summed E-state index contributed by atoms with van der Waals surface area (Å²) in [5.74, 6) is 1.07. The van der Waals surface area contributed by atoms with Crippen molar-refractivity contribution in [2.24, 2.45) is 5.10 Å². The number of pyridine rings is 1. The van der Waals surface area contributed by atoms with Gasteiger partial charge in [0.2, 0.25) is 0 Å². The van der Waals surface area contributed by atoms with Crippen LogP contribution in [0.25, 0.3) is 0 Å². The van der Waals surface area contributed by atoms with Gasteiger partial charge < -0.3 is 9.47 Å². The van der Waals surface area contributed by atoms with Crippen molar-refractivity contribution in [2.45, 2.75) is 24.1 Å². The van der Waals surface area contributed by atoms with Crippen LogP contribution in [0.5, 0.6) is 11.5 Å². The molecule has 6 nitrogen and oxygen atoms in total. The van der Waals surface area contributed by atoms with Crippen molar-refractivity contribution in [1.82, 2.24) is 10.4 Å². The highest BCUT2D eigenvalue weighted by Gasteiger charge is 2.14. The lowest BCUT2D eigenvalue weighted by atomic mass is 10.1. The molecule has 0 radical (unpaired) electrons. The quantitative estimate of drug-likeness (QED) is 0.467. The van der Waals surface area contributed by atoms with Crippen molar-refractivity contribution >= 4 is 23.4 Å². The van der Waals surface area contributed by atoms with E-state index < -0.39 is 0 Å². The molecule has 0 aliphatic carbocycles. The zero-order chi connectivity index (χ0) is 18.2. The van der Waals surface area contributed by atoms with Crippen LogP contribution in [0.2, 0.25) is 0 Å². The average Bonchev–Trinajstić information content (AvgIpc) is 2.65. The third-order valence-corrected chi connectivity index (χ3v) is 4.49. The summed E-state index contributed by atoms with van der Waals surface area (Å²) in [4.78, 5) is 16.4. The second-order valence-corrected chi connectivity index (χ2v) is 6.53. The number of benzene rings is 1. The predicted octanol–water partition coefficient (Wildman–Crippen LogP) is 3.12. The van der Waals surface area contributed by atoms with Crippen molar-refractivity contribution in [3.8, 4) is 11.5 Å². The second kappa shape index (κ2) is 9.08. The minimum absolute atomic E-state index is 0.185. The summed E-state index contributed by atoms with van der Waals surface area (Å²) in [7, 11) is 3.16. The summed E-state index contributed by atoms with van der Waals surface area (Å²) in [6.45, 7) is 3.63. The molecule has 25 heavy (non-hydrogen) atoms. The summed E-state index contributed by atoms with van der Waals surface area (Å²) in [6.07, 6.45) is 1.70. The van der Waals surface area contributed by atoms with E-state index >= 15 is 0 Å². The van der Waals surface area contributed by atoms with Gasteiger partial charge in [0.05, 0.1) is 30.2 Å². The van der Waals surface area contributed by atoms with Gasteiger partial charge in [-0.05, 0) is 44.2 Å². The number of hydrogen-bond donors (Lipinski definition) is 1. The van der Waals surface area contributed by atoms with Gasteiger partial charge in [0.15, 0.2) is 11.5 Å². The van der Waals surface area contributed by atoms with E-state index in [0.717, 1.165) is 10.6 Å². The number of aromatic nitrogens is 1. The molecule has 132 valence electrons. The minimum Gasteiger partial charge on any atom is -0.493 e. The molecule has 1 amide bonds. The van der Waals surface area contributed by atoms with Crippen LogP contribution in [0.1, 0.15) is 19.4 Å². The number of nitrogens with one attached hydrogen (secondary N) is 1. The summed E-state index contributed by atoms with van der Waals surface area (Å²) in [5, 5.41) is 4.66. The van der Waals surface area contributed by atoms with Crippen molar-refractivity contribution in [3.05, 3.63) is 48.2 Å². The highest BCUT2D eigenvalue weighted by atomic mass is 32.2. The molecule has 1 heterocycles. The zero-order valence-electron chi connectivity index (χ0n) is 14.6. The largest absolute Gasteiger partial charge is 0.493 e. The van der Waals surface area contributed by atoms with Crippen molar-refractivity contribution in [2.75, 3.05) is 14.2 Å². The Morgan fingerprint density at radius 2 is 1.96 bits per heavy atom. The van der Waals surface area contributed by atoms with E-state index in [0.29, 0.717) is 17.2 Å². The van der Waals surface area contributed by atoms with Gasteiger partial charge in [-0.2, -0.15) is 5.10 Å². The summed E-state index contributed by atoms with van der Waals surface area (Å²) in [6, 6.07) is 11.1. The number of rotatable bonds is 7. The van der Waals surface area contributed by atoms with E-state index in [1.165, 1.54) is 11.8 Å². The molecule has 1 aromatic heterocycles. The van der Waals surface area contributed by atoms with E-state index in [4.69, 9.17) is 9.47 Å². The van der Waals surface area contributed by atoms with Gasteiger partial charge in [0.25, 0.3) is 5.91 Å². The molecule has 2 aromatic rings. The number of hydrazone groups is 1. The van der Waals surface area contributed by atoms with Crippen LogP contribution >= 0.6 is 11.8 Å². The SMILES string of the molecule is COc1ccc(C(C)=NNC(=O)C(C)Sc2ccccn2)cc1OC. The van der Waals surface area contributed by atoms with Gasteiger partial charge in [-0.1, -0.05) is 17.8 Å². The molecule has 2 rings (SSSR count). The fraction of sp³-hybridized carbons (Fsp3) is 0.278. The van der Waals surface area contributed by atoms with Crippen LogP contribution in [0.15, 0.2) is 52.7 Å². The van der Waals surface area contributed by atoms with Crippen LogP contribution in [0.3, 0.4) is 0 Å². The molecular formula is C18H21N3O3S. The molecule has 7 heteroatoms. The number of nitrogens with zero attached hydrogens (tertiary/aromatic N) is 2. The summed E-state index contributed by atoms with van der Waals surface area (Å²) >= 11 is 1.38. The van der Waals surface area contributed by atoms with E-state index in [-0.39, 0.29) is 11.2 Å². The average molecular weight is 359 g/mol. The summed E-state index contributed by atoms with van der Waals surface area (Å²) in [5.41, 5.74) is 4.10. The lowest BCUT2D eigenvalue weighted by Gasteiger charge is -2.11. The fourth-order valence-corrected chi connectivity index (χ4v) is 2.81. The second-order valence-electron chi connectivity index (χ2n) is 5.17. The highest BCUT2D eigenvalue weighted by Crippen LogP contribution is 2.27. The Morgan fingerprint density at radius 1 is 1.20 bits per heavy atom. The highest BCUT2D eigenvalue weighted by molar-refractivity contribution is 8.00. The maximum absolute atomic E-state index is 12.2. The van der Waals surface area contributed by atoms with Gasteiger partial charge in [0, 0.05) is 11.8 Å². The molecule has 0 bridgehead atoms. The van der Waals surface area contributed by atoms with Crippen LogP contribution in [-0.2, 0) is 4.79 Å². The molecule has 0 saturated carbocycles. The third kappa shape index (κ3) is 5.22. The third-order valence-electron chi connectivity index (χ3n) is 3.44. The first-order valence-corrected chi connectivity index (χ1v) is 8.57. The monoisotopic (exact) mass is 359 g/mol. The minimum atomic E-state index is -0.308. The number of carbonyl (C=O) groups excluding carboxylic acids is 1. The van der Waals surface area contributed by atoms with E-state index in [2.05, 4.69) is 15.5 Å². The van der Waals surface area contributed by atoms with Crippen LogP contribution in [-0.4, -0.2) is 36.1 Å². The molecule has 0 saturated heterocycles.